The van der Waals surface area contributed by atoms with Crippen LogP contribution in [0.5, 0.6) is 0 Å². The molecule has 1 amide bonds. The van der Waals surface area contributed by atoms with Crippen LogP contribution in [0.4, 0.5) is 0 Å². The second-order valence-electron chi connectivity index (χ2n) is 5.94. The average Bonchev–Trinajstić information content (AvgIpc) is 2.67. The van der Waals surface area contributed by atoms with E-state index < -0.39 is 9.84 Å². The number of carbonyl (C=O) groups is 1. The van der Waals surface area contributed by atoms with Crippen molar-refractivity contribution in [2.45, 2.75) is 58.3 Å². The summed E-state index contributed by atoms with van der Waals surface area (Å²) < 4.78 is 23.0. The van der Waals surface area contributed by atoms with Crippen molar-refractivity contribution in [1.82, 2.24) is 10.2 Å². The molecule has 2 aliphatic rings. The molecule has 0 aliphatic carbocycles. The summed E-state index contributed by atoms with van der Waals surface area (Å²) in [5.41, 5.74) is 0. The zero-order valence-corrected chi connectivity index (χ0v) is 12.7. The topological polar surface area (TPSA) is 66.5 Å². The Labute approximate surface area is 115 Å². The van der Waals surface area contributed by atoms with Gasteiger partial charge in [-0.05, 0) is 25.2 Å². The molecule has 0 radical (unpaired) electrons. The van der Waals surface area contributed by atoms with E-state index in [9.17, 15) is 13.2 Å². The molecule has 2 atom stereocenters. The minimum atomic E-state index is -2.88. The van der Waals surface area contributed by atoms with Gasteiger partial charge in [0.25, 0.3) is 0 Å². The van der Waals surface area contributed by atoms with Gasteiger partial charge in [-0.1, -0.05) is 20.8 Å². The number of hydrogen-bond donors (Lipinski definition) is 1. The van der Waals surface area contributed by atoms with E-state index in [1.54, 1.807) is 0 Å². The number of nitrogens with zero attached hydrogens (tertiary/aromatic N) is 1. The smallest absolute Gasteiger partial charge is 0.241 e. The van der Waals surface area contributed by atoms with Crippen LogP contribution in [0.25, 0.3) is 0 Å². The van der Waals surface area contributed by atoms with E-state index >= 15 is 0 Å². The van der Waals surface area contributed by atoms with Gasteiger partial charge in [0.05, 0.1) is 23.7 Å². The fraction of sp³-hybridized carbons (Fsp3) is 0.923. The molecule has 2 rings (SSSR count). The van der Waals surface area contributed by atoms with Crippen LogP contribution in [-0.2, 0) is 14.6 Å². The summed E-state index contributed by atoms with van der Waals surface area (Å²) in [7, 11) is -2.88. The average molecular weight is 288 g/mol. The Bertz CT molecular complexity index is 433. The van der Waals surface area contributed by atoms with Crippen LogP contribution in [0, 0.1) is 5.92 Å². The highest BCUT2D eigenvalue weighted by Crippen LogP contribution is 2.27. The Morgan fingerprint density at radius 3 is 2.37 bits per heavy atom. The van der Waals surface area contributed by atoms with Crippen LogP contribution in [0.1, 0.15) is 40.0 Å². The van der Waals surface area contributed by atoms with Gasteiger partial charge < -0.3 is 4.90 Å². The van der Waals surface area contributed by atoms with E-state index in [2.05, 4.69) is 12.2 Å². The van der Waals surface area contributed by atoms with Crippen molar-refractivity contribution in [1.29, 1.82) is 0 Å². The second-order valence-corrected chi connectivity index (χ2v) is 8.24. The molecule has 5 nitrogen and oxygen atoms in total. The van der Waals surface area contributed by atoms with E-state index in [4.69, 9.17) is 0 Å². The fourth-order valence-corrected chi connectivity index (χ4v) is 4.52. The van der Waals surface area contributed by atoms with Crippen LogP contribution >= 0.6 is 0 Å². The monoisotopic (exact) mass is 288 g/mol. The van der Waals surface area contributed by atoms with Crippen LogP contribution in [0.15, 0.2) is 0 Å². The van der Waals surface area contributed by atoms with E-state index in [1.165, 1.54) is 0 Å². The first kappa shape index (κ1) is 14.8. The molecule has 2 saturated heterocycles. The zero-order valence-electron chi connectivity index (χ0n) is 11.9. The second kappa shape index (κ2) is 5.40. The lowest BCUT2D eigenvalue weighted by molar-refractivity contribution is -0.133. The molecule has 0 spiro atoms. The van der Waals surface area contributed by atoms with Gasteiger partial charge in [-0.15, -0.1) is 0 Å². The minimum Gasteiger partial charge on any atom is -0.323 e. The quantitative estimate of drug-likeness (QED) is 0.832. The molecule has 2 heterocycles. The highest BCUT2D eigenvalue weighted by Gasteiger charge is 2.43. The maximum Gasteiger partial charge on any atom is 0.241 e. The largest absolute Gasteiger partial charge is 0.323 e. The third kappa shape index (κ3) is 2.94. The Morgan fingerprint density at radius 1 is 1.32 bits per heavy atom. The van der Waals surface area contributed by atoms with Crippen molar-refractivity contribution in [2.24, 2.45) is 5.92 Å². The van der Waals surface area contributed by atoms with Gasteiger partial charge in [0.1, 0.15) is 9.84 Å². The fourth-order valence-electron chi connectivity index (χ4n) is 3.06. The lowest BCUT2D eigenvalue weighted by Gasteiger charge is -2.34. The van der Waals surface area contributed by atoms with Crippen molar-refractivity contribution >= 4 is 15.7 Å². The number of rotatable bonds is 3. The molecule has 6 heteroatoms. The van der Waals surface area contributed by atoms with E-state index in [0.29, 0.717) is 12.8 Å². The molecule has 2 unspecified atom stereocenters. The van der Waals surface area contributed by atoms with Crippen LogP contribution in [0.2, 0.25) is 0 Å². The predicted molar refractivity (Wildman–Crippen MR) is 74.4 cm³/mol. The summed E-state index contributed by atoms with van der Waals surface area (Å²) >= 11 is 0. The normalized spacial score (nSPS) is 32.2. The third-order valence-electron chi connectivity index (χ3n) is 4.20. The van der Waals surface area contributed by atoms with Gasteiger partial charge in [0, 0.05) is 6.04 Å². The SMILES string of the molecule is CCC1NC(C(C)C)C(=O)N1C1CCS(=O)(=O)CC1. The molecule has 0 saturated carbocycles. The molecule has 0 bridgehead atoms. The van der Waals surface area contributed by atoms with Crippen molar-refractivity contribution in [3.63, 3.8) is 0 Å². The maximum atomic E-state index is 12.5. The summed E-state index contributed by atoms with van der Waals surface area (Å²) in [5.74, 6) is 0.832. The number of sulfone groups is 1. The summed E-state index contributed by atoms with van der Waals surface area (Å²) in [4.78, 5) is 14.4. The summed E-state index contributed by atoms with van der Waals surface area (Å²) in [6.07, 6.45) is 2.08. The summed E-state index contributed by atoms with van der Waals surface area (Å²) in [6.45, 7) is 6.13. The molecule has 19 heavy (non-hydrogen) atoms. The number of nitrogens with one attached hydrogen (secondary N) is 1. The number of amides is 1. The number of carbonyl (C=O) groups excluding carboxylic acids is 1. The van der Waals surface area contributed by atoms with Crippen molar-refractivity contribution < 1.29 is 13.2 Å². The Balaban J connectivity index is 2.12. The van der Waals surface area contributed by atoms with Gasteiger partial charge in [-0.2, -0.15) is 0 Å². The van der Waals surface area contributed by atoms with Gasteiger partial charge in [-0.25, -0.2) is 8.42 Å². The molecular weight excluding hydrogens is 264 g/mol. The maximum absolute atomic E-state index is 12.5. The Hall–Kier alpha value is -0.620. The highest BCUT2D eigenvalue weighted by molar-refractivity contribution is 7.91. The number of hydrogen-bond acceptors (Lipinski definition) is 4. The van der Waals surface area contributed by atoms with Gasteiger partial charge in [0.15, 0.2) is 0 Å². The van der Waals surface area contributed by atoms with Gasteiger partial charge in [0.2, 0.25) is 5.91 Å². The van der Waals surface area contributed by atoms with Gasteiger partial charge in [-0.3, -0.25) is 10.1 Å². The van der Waals surface area contributed by atoms with E-state index in [-0.39, 0.29) is 41.6 Å². The van der Waals surface area contributed by atoms with Crippen LogP contribution in [-0.4, -0.2) is 49.0 Å². The Kier molecular flexibility index (Phi) is 4.20. The van der Waals surface area contributed by atoms with Crippen molar-refractivity contribution in [3.05, 3.63) is 0 Å². The summed E-state index contributed by atoms with van der Waals surface area (Å²) in [5, 5.41) is 3.38. The first-order chi connectivity index (χ1) is 8.85. The Morgan fingerprint density at radius 2 is 1.89 bits per heavy atom. The molecule has 0 aromatic rings. The molecular formula is C13H24N2O3S. The van der Waals surface area contributed by atoms with E-state index in [0.717, 1.165) is 6.42 Å². The van der Waals surface area contributed by atoms with Crippen molar-refractivity contribution in [3.8, 4) is 0 Å². The minimum absolute atomic E-state index is 0.0608. The molecule has 2 aliphatic heterocycles. The molecule has 0 aromatic heterocycles. The lowest BCUT2D eigenvalue weighted by atomic mass is 10.0. The molecule has 110 valence electrons. The first-order valence-corrected chi connectivity index (χ1v) is 8.96. The third-order valence-corrected chi connectivity index (χ3v) is 5.91. The van der Waals surface area contributed by atoms with Crippen LogP contribution in [0.3, 0.4) is 0 Å². The standard InChI is InChI=1S/C13H24N2O3S/c1-4-11-14-12(9(2)3)13(16)15(11)10-5-7-19(17,18)8-6-10/h9-12,14H,4-8H2,1-3H3. The molecule has 2 fully saturated rings. The predicted octanol–water partition coefficient (Wildman–Crippen LogP) is 0.756. The first-order valence-electron chi connectivity index (χ1n) is 7.14. The van der Waals surface area contributed by atoms with Crippen molar-refractivity contribution in [2.75, 3.05) is 11.5 Å². The highest BCUT2D eigenvalue weighted by atomic mass is 32.2. The van der Waals surface area contributed by atoms with E-state index in [1.807, 2.05) is 18.7 Å². The molecule has 0 aromatic carbocycles. The molecule has 1 N–H and O–H groups in total. The van der Waals surface area contributed by atoms with Gasteiger partial charge >= 0.3 is 0 Å². The zero-order chi connectivity index (χ0) is 14.2. The van der Waals surface area contributed by atoms with Crippen LogP contribution < -0.4 is 5.32 Å². The lowest BCUT2D eigenvalue weighted by Crippen LogP contribution is -2.47. The summed E-state index contributed by atoms with van der Waals surface area (Å²) in [6, 6.07) is -0.0410.